The van der Waals surface area contributed by atoms with Gasteiger partial charge in [0.25, 0.3) is 0 Å². The van der Waals surface area contributed by atoms with Gasteiger partial charge in [-0.25, -0.2) is 0 Å². The summed E-state index contributed by atoms with van der Waals surface area (Å²) in [4.78, 5) is 2.98. The molecule has 1 aliphatic carbocycles. The SMILES string of the molecule is CCC1CCC(N(C)Cc2ccccc2C(N)=S)CC1. The van der Waals surface area contributed by atoms with E-state index in [2.05, 4.69) is 31.0 Å². The van der Waals surface area contributed by atoms with Crippen LogP contribution in [0.1, 0.15) is 50.2 Å². The second-order valence-electron chi connectivity index (χ2n) is 6.02. The summed E-state index contributed by atoms with van der Waals surface area (Å²) in [6.07, 6.45) is 6.74. The first-order chi connectivity index (χ1) is 9.61. The number of thiocarbonyl (C=S) groups is 1. The lowest BCUT2D eigenvalue weighted by Gasteiger charge is -2.34. The Kier molecular flexibility index (Phi) is 5.55. The summed E-state index contributed by atoms with van der Waals surface area (Å²) >= 11 is 5.15. The Hall–Kier alpha value is -0.930. The zero-order valence-corrected chi connectivity index (χ0v) is 13.5. The van der Waals surface area contributed by atoms with Crippen LogP contribution in [0.25, 0.3) is 0 Å². The molecule has 0 amide bonds. The normalized spacial score (nSPS) is 22.9. The molecule has 2 N–H and O–H groups in total. The highest BCUT2D eigenvalue weighted by molar-refractivity contribution is 7.80. The standard InChI is InChI=1S/C17H26N2S/c1-3-13-8-10-15(11-9-13)19(2)12-14-6-4-5-7-16(14)17(18)20/h4-7,13,15H,3,8-12H2,1-2H3,(H2,18,20). The lowest BCUT2D eigenvalue weighted by Crippen LogP contribution is -2.35. The van der Waals surface area contributed by atoms with Crippen LogP contribution in [0, 0.1) is 5.92 Å². The fourth-order valence-electron chi connectivity index (χ4n) is 3.29. The molecular weight excluding hydrogens is 264 g/mol. The molecule has 1 aliphatic rings. The lowest BCUT2D eigenvalue weighted by molar-refractivity contribution is 0.157. The van der Waals surface area contributed by atoms with Crippen molar-refractivity contribution in [3.05, 3.63) is 35.4 Å². The van der Waals surface area contributed by atoms with Gasteiger partial charge in [0.2, 0.25) is 0 Å². The number of rotatable bonds is 5. The molecule has 2 rings (SSSR count). The van der Waals surface area contributed by atoms with Crippen molar-refractivity contribution in [1.82, 2.24) is 4.90 Å². The van der Waals surface area contributed by atoms with Crippen LogP contribution in [0.3, 0.4) is 0 Å². The van der Waals surface area contributed by atoms with Crippen LogP contribution in [0.2, 0.25) is 0 Å². The van der Waals surface area contributed by atoms with Gasteiger partial charge in [-0.3, -0.25) is 4.90 Å². The molecule has 110 valence electrons. The van der Waals surface area contributed by atoms with Crippen molar-refractivity contribution in [2.45, 2.75) is 51.6 Å². The number of hydrogen-bond acceptors (Lipinski definition) is 2. The molecule has 1 aromatic rings. The van der Waals surface area contributed by atoms with E-state index in [9.17, 15) is 0 Å². The van der Waals surface area contributed by atoms with Crippen LogP contribution in [0.4, 0.5) is 0 Å². The van der Waals surface area contributed by atoms with Gasteiger partial charge >= 0.3 is 0 Å². The third kappa shape index (κ3) is 3.80. The first-order valence-corrected chi connectivity index (χ1v) is 8.10. The second kappa shape index (κ2) is 7.19. The molecular formula is C17H26N2S. The minimum Gasteiger partial charge on any atom is -0.389 e. The zero-order valence-electron chi connectivity index (χ0n) is 12.6. The number of nitrogens with zero attached hydrogens (tertiary/aromatic N) is 1. The van der Waals surface area contributed by atoms with E-state index < -0.39 is 0 Å². The van der Waals surface area contributed by atoms with Crippen LogP contribution in [0.5, 0.6) is 0 Å². The lowest BCUT2D eigenvalue weighted by atomic mass is 9.84. The average Bonchev–Trinajstić information content (AvgIpc) is 2.47. The Bertz CT molecular complexity index is 450. The number of benzene rings is 1. The van der Waals surface area contributed by atoms with E-state index in [1.807, 2.05) is 12.1 Å². The Morgan fingerprint density at radius 1 is 1.25 bits per heavy atom. The van der Waals surface area contributed by atoms with Crippen LogP contribution in [0.15, 0.2) is 24.3 Å². The Morgan fingerprint density at radius 3 is 2.50 bits per heavy atom. The van der Waals surface area contributed by atoms with E-state index in [1.54, 1.807) is 0 Å². The van der Waals surface area contributed by atoms with Crippen LogP contribution < -0.4 is 5.73 Å². The zero-order chi connectivity index (χ0) is 14.5. The predicted molar refractivity (Wildman–Crippen MR) is 89.8 cm³/mol. The molecule has 0 bridgehead atoms. The smallest absolute Gasteiger partial charge is 0.104 e. The van der Waals surface area contributed by atoms with Crippen molar-refractivity contribution in [2.75, 3.05) is 7.05 Å². The van der Waals surface area contributed by atoms with E-state index >= 15 is 0 Å². The molecule has 0 heterocycles. The van der Waals surface area contributed by atoms with Gasteiger partial charge in [-0.15, -0.1) is 0 Å². The van der Waals surface area contributed by atoms with Gasteiger partial charge in [-0.2, -0.15) is 0 Å². The van der Waals surface area contributed by atoms with Crippen LogP contribution >= 0.6 is 12.2 Å². The molecule has 1 saturated carbocycles. The van der Waals surface area contributed by atoms with Crippen molar-refractivity contribution in [3.63, 3.8) is 0 Å². The fraction of sp³-hybridized carbons (Fsp3) is 0.588. The van der Waals surface area contributed by atoms with Gasteiger partial charge in [0.05, 0.1) is 0 Å². The van der Waals surface area contributed by atoms with Crippen molar-refractivity contribution >= 4 is 17.2 Å². The molecule has 3 heteroatoms. The van der Waals surface area contributed by atoms with E-state index in [0.29, 0.717) is 11.0 Å². The van der Waals surface area contributed by atoms with Crippen LogP contribution in [-0.2, 0) is 6.54 Å². The van der Waals surface area contributed by atoms with Crippen molar-refractivity contribution < 1.29 is 0 Å². The highest BCUT2D eigenvalue weighted by Crippen LogP contribution is 2.29. The molecule has 2 nitrogen and oxygen atoms in total. The van der Waals surface area contributed by atoms with Crippen LogP contribution in [-0.4, -0.2) is 23.0 Å². The molecule has 0 atom stereocenters. The van der Waals surface area contributed by atoms with Gasteiger partial charge in [-0.1, -0.05) is 49.8 Å². The van der Waals surface area contributed by atoms with Crippen molar-refractivity contribution in [3.8, 4) is 0 Å². The molecule has 0 saturated heterocycles. The Balaban J connectivity index is 1.98. The topological polar surface area (TPSA) is 29.3 Å². The van der Waals surface area contributed by atoms with Gasteiger partial charge < -0.3 is 5.73 Å². The summed E-state index contributed by atoms with van der Waals surface area (Å²) in [5.41, 5.74) is 8.09. The van der Waals surface area contributed by atoms with Crippen molar-refractivity contribution in [1.29, 1.82) is 0 Å². The quantitative estimate of drug-likeness (QED) is 0.838. The van der Waals surface area contributed by atoms with E-state index in [1.165, 1.54) is 37.7 Å². The molecule has 20 heavy (non-hydrogen) atoms. The molecule has 0 unspecified atom stereocenters. The first kappa shape index (κ1) is 15.5. The molecule has 0 aromatic heterocycles. The van der Waals surface area contributed by atoms with E-state index in [4.69, 9.17) is 18.0 Å². The largest absolute Gasteiger partial charge is 0.389 e. The van der Waals surface area contributed by atoms with Gasteiger partial charge in [0.1, 0.15) is 4.99 Å². The molecule has 1 fully saturated rings. The highest BCUT2D eigenvalue weighted by atomic mass is 32.1. The minimum absolute atomic E-state index is 0.503. The summed E-state index contributed by atoms with van der Waals surface area (Å²) in [5, 5.41) is 0. The molecule has 0 radical (unpaired) electrons. The number of nitrogens with two attached hydrogens (primary N) is 1. The van der Waals surface area contributed by atoms with Crippen molar-refractivity contribution in [2.24, 2.45) is 11.7 Å². The predicted octanol–water partition coefficient (Wildman–Crippen LogP) is 3.72. The van der Waals surface area contributed by atoms with E-state index in [-0.39, 0.29) is 0 Å². The maximum absolute atomic E-state index is 5.82. The third-order valence-electron chi connectivity index (χ3n) is 4.72. The number of hydrogen-bond donors (Lipinski definition) is 1. The molecule has 0 aliphatic heterocycles. The summed E-state index contributed by atoms with van der Waals surface area (Å²) in [5.74, 6) is 0.948. The fourth-order valence-corrected chi connectivity index (χ4v) is 3.49. The molecule has 0 spiro atoms. The summed E-state index contributed by atoms with van der Waals surface area (Å²) < 4.78 is 0. The summed E-state index contributed by atoms with van der Waals surface area (Å²) in [6, 6.07) is 8.95. The van der Waals surface area contributed by atoms with Gasteiger partial charge in [0, 0.05) is 18.2 Å². The molecule has 1 aromatic carbocycles. The van der Waals surface area contributed by atoms with Gasteiger partial charge in [0.15, 0.2) is 0 Å². The van der Waals surface area contributed by atoms with E-state index in [0.717, 1.165) is 18.0 Å². The first-order valence-electron chi connectivity index (χ1n) is 7.69. The summed E-state index contributed by atoms with van der Waals surface area (Å²) in [7, 11) is 2.23. The monoisotopic (exact) mass is 290 g/mol. The Morgan fingerprint density at radius 2 is 1.90 bits per heavy atom. The average molecular weight is 290 g/mol. The highest BCUT2D eigenvalue weighted by Gasteiger charge is 2.23. The summed E-state index contributed by atoms with van der Waals surface area (Å²) in [6.45, 7) is 3.25. The maximum atomic E-state index is 5.82. The second-order valence-corrected chi connectivity index (χ2v) is 6.46. The third-order valence-corrected chi connectivity index (χ3v) is 4.94. The maximum Gasteiger partial charge on any atom is 0.104 e. The minimum atomic E-state index is 0.503. The van der Waals surface area contributed by atoms with Gasteiger partial charge in [-0.05, 0) is 44.2 Å². The Labute approximate surface area is 128 Å².